The quantitative estimate of drug-likeness (QED) is 0.612. The van der Waals surface area contributed by atoms with Crippen LogP contribution in [0.2, 0.25) is 0 Å². The van der Waals surface area contributed by atoms with Gasteiger partial charge in [0, 0.05) is 12.8 Å². The van der Waals surface area contributed by atoms with Crippen molar-refractivity contribution in [3.05, 3.63) is 35.9 Å². The van der Waals surface area contributed by atoms with E-state index in [1.807, 2.05) is 18.2 Å². The van der Waals surface area contributed by atoms with Gasteiger partial charge >= 0.3 is 0 Å². The Balaban J connectivity index is 1.75. The molecule has 2 rings (SSSR count). The predicted molar refractivity (Wildman–Crippen MR) is 86.3 cm³/mol. The van der Waals surface area contributed by atoms with Gasteiger partial charge in [0.1, 0.15) is 5.78 Å². The summed E-state index contributed by atoms with van der Waals surface area (Å²) < 4.78 is 6.15. The lowest BCUT2D eigenvalue weighted by Crippen LogP contribution is -2.28. The van der Waals surface area contributed by atoms with Crippen LogP contribution in [0.4, 0.5) is 0 Å². The highest BCUT2D eigenvalue weighted by molar-refractivity contribution is 5.80. The lowest BCUT2D eigenvalue weighted by molar-refractivity contribution is -0.136. The van der Waals surface area contributed by atoms with Gasteiger partial charge < -0.3 is 4.74 Å². The first-order chi connectivity index (χ1) is 10.3. The van der Waals surface area contributed by atoms with Crippen LogP contribution in [0, 0.1) is 0 Å². The molecule has 1 aromatic carbocycles. The number of hydrogen-bond donors (Lipinski definition) is 0. The summed E-state index contributed by atoms with van der Waals surface area (Å²) in [7, 11) is 0. The average molecular weight is 288 g/mol. The number of ether oxygens (including phenoxy) is 1. The van der Waals surface area contributed by atoms with E-state index in [9.17, 15) is 4.79 Å². The second-order valence-electron chi connectivity index (χ2n) is 6.16. The van der Waals surface area contributed by atoms with E-state index in [-0.39, 0.29) is 12.2 Å². The zero-order chi connectivity index (χ0) is 14.9. The van der Waals surface area contributed by atoms with Crippen LogP contribution in [0.3, 0.4) is 0 Å². The first-order valence-electron chi connectivity index (χ1n) is 8.51. The van der Waals surface area contributed by atoms with E-state index in [1.165, 1.54) is 38.5 Å². The third-order valence-electron chi connectivity index (χ3n) is 4.28. The van der Waals surface area contributed by atoms with Gasteiger partial charge in [-0.3, -0.25) is 4.79 Å². The zero-order valence-electron chi connectivity index (χ0n) is 13.2. The Morgan fingerprint density at radius 1 is 1.00 bits per heavy atom. The molecule has 0 N–H and O–H groups in total. The Morgan fingerprint density at radius 2 is 1.71 bits per heavy atom. The molecule has 0 amide bonds. The van der Waals surface area contributed by atoms with Gasteiger partial charge in [0.2, 0.25) is 0 Å². The first-order valence-corrected chi connectivity index (χ1v) is 8.51. The Hall–Kier alpha value is -1.15. The van der Waals surface area contributed by atoms with Crippen LogP contribution < -0.4 is 0 Å². The second kappa shape index (κ2) is 8.99. The number of unbranched alkanes of at least 4 members (excludes halogenated alkanes) is 5. The average Bonchev–Trinajstić information content (AvgIpc) is 2.51. The van der Waals surface area contributed by atoms with Crippen molar-refractivity contribution in [3.63, 3.8) is 0 Å². The summed E-state index contributed by atoms with van der Waals surface area (Å²) in [6.07, 6.45) is 10.0. The third-order valence-corrected chi connectivity index (χ3v) is 4.28. The van der Waals surface area contributed by atoms with Crippen LogP contribution in [0.15, 0.2) is 30.3 Å². The predicted octanol–water partition coefficient (Wildman–Crippen LogP) is 5.23. The molecule has 0 saturated carbocycles. The number of hydrogen-bond acceptors (Lipinski definition) is 2. The van der Waals surface area contributed by atoms with E-state index in [2.05, 4.69) is 19.1 Å². The molecule has 2 heteroatoms. The van der Waals surface area contributed by atoms with E-state index >= 15 is 0 Å². The fourth-order valence-corrected chi connectivity index (χ4v) is 3.06. The Kier molecular flexibility index (Phi) is 6.94. The Bertz CT molecular complexity index is 413. The summed E-state index contributed by atoms with van der Waals surface area (Å²) in [5.74, 6) is 0.353. The summed E-state index contributed by atoms with van der Waals surface area (Å²) in [5, 5.41) is 0. The van der Waals surface area contributed by atoms with Crippen LogP contribution in [0.1, 0.15) is 76.4 Å². The third kappa shape index (κ3) is 5.62. The normalized spacial score (nSPS) is 22.4. The molecule has 0 aromatic heterocycles. The van der Waals surface area contributed by atoms with Crippen molar-refractivity contribution in [2.45, 2.75) is 76.9 Å². The molecule has 0 aliphatic carbocycles. The maximum Gasteiger partial charge on any atom is 0.138 e. The van der Waals surface area contributed by atoms with Crippen molar-refractivity contribution >= 4 is 5.78 Å². The standard InChI is InChI=1S/C19H28O2/c1-2-3-4-5-6-10-13-18-14-17(20)15-19(21-18)16-11-8-7-9-12-16/h7-9,11-12,18-19H,2-6,10,13-15H2,1H3/t18-,19-/m1/s1. The van der Waals surface area contributed by atoms with Crippen molar-refractivity contribution in [1.82, 2.24) is 0 Å². The van der Waals surface area contributed by atoms with Gasteiger partial charge in [-0.25, -0.2) is 0 Å². The highest BCUT2D eigenvalue weighted by atomic mass is 16.5. The van der Waals surface area contributed by atoms with Gasteiger partial charge in [-0.15, -0.1) is 0 Å². The minimum atomic E-state index is -0.0301. The lowest BCUT2D eigenvalue weighted by Gasteiger charge is -2.29. The summed E-state index contributed by atoms with van der Waals surface area (Å²) in [5.41, 5.74) is 1.14. The number of carbonyl (C=O) groups excluding carboxylic acids is 1. The minimum Gasteiger partial charge on any atom is -0.369 e. The number of carbonyl (C=O) groups is 1. The molecule has 0 unspecified atom stereocenters. The van der Waals surface area contributed by atoms with E-state index in [0.717, 1.165) is 12.0 Å². The van der Waals surface area contributed by atoms with Crippen LogP contribution in [0.5, 0.6) is 0 Å². The molecular formula is C19H28O2. The van der Waals surface area contributed by atoms with E-state index < -0.39 is 0 Å². The highest BCUT2D eigenvalue weighted by Crippen LogP contribution is 2.31. The molecule has 1 aliphatic rings. The molecule has 0 bridgehead atoms. The maximum atomic E-state index is 12.0. The lowest BCUT2D eigenvalue weighted by atomic mass is 9.95. The molecular weight excluding hydrogens is 260 g/mol. The molecule has 2 atom stereocenters. The van der Waals surface area contributed by atoms with Crippen molar-refractivity contribution in [2.24, 2.45) is 0 Å². The molecule has 1 aliphatic heterocycles. The van der Waals surface area contributed by atoms with Gasteiger partial charge in [0.15, 0.2) is 0 Å². The second-order valence-corrected chi connectivity index (χ2v) is 6.16. The van der Waals surface area contributed by atoms with Crippen LogP contribution >= 0.6 is 0 Å². The van der Waals surface area contributed by atoms with Crippen LogP contribution in [-0.4, -0.2) is 11.9 Å². The molecule has 1 fully saturated rings. The van der Waals surface area contributed by atoms with Crippen molar-refractivity contribution in [1.29, 1.82) is 0 Å². The van der Waals surface area contributed by atoms with Gasteiger partial charge in [0.25, 0.3) is 0 Å². The summed E-state index contributed by atoms with van der Waals surface area (Å²) in [6, 6.07) is 10.2. The van der Waals surface area contributed by atoms with Gasteiger partial charge in [-0.1, -0.05) is 75.8 Å². The van der Waals surface area contributed by atoms with E-state index in [0.29, 0.717) is 18.6 Å². The topological polar surface area (TPSA) is 26.3 Å². The molecule has 21 heavy (non-hydrogen) atoms. The first kappa shape index (κ1) is 16.2. The maximum absolute atomic E-state index is 12.0. The molecule has 0 radical (unpaired) electrons. The van der Waals surface area contributed by atoms with Crippen LogP contribution in [-0.2, 0) is 9.53 Å². The monoisotopic (exact) mass is 288 g/mol. The molecule has 2 nitrogen and oxygen atoms in total. The smallest absolute Gasteiger partial charge is 0.138 e. The van der Waals surface area contributed by atoms with Crippen LogP contribution in [0.25, 0.3) is 0 Å². The van der Waals surface area contributed by atoms with Gasteiger partial charge in [-0.2, -0.15) is 0 Å². The molecule has 0 spiro atoms. The number of rotatable bonds is 8. The molecule has 1 saturated heterocycles. The SMILES string of the molecule is CCCCCCCC[C@@H]1CC(=O)C[C@H](c2ccccc2)O1. The highest BCUT2D eigenvalue weighted by Gasteiger charge is 2.28. The van der Waals surface area contributed by atoms with E-state index in [1.54, 1.807) is 0 Å². The van der Waals surface area contributed by atoms with Crippen molar-refractivity contribution < 1.29 is 9.53 Å². The molecule has 1 heterocycles. The molecule has 116 valence electrons. The van der Waals surface area contributed by atoms with Crippen molar-refractivity contribution in [3.8, 4) is 0 Å². The fraction of sp³-hybridized carbons (Fsp3) is 0.632. The number of Topliss-reactive ketones (excluding diaryl/α,β-unsaturated/α-hetero) is 1. The zero-order valence-corrected chi connectivity index (χ0v) is 13.2. The summed E-state index contributed by atoms with van der Waals surface area (Å²) in [4.78, 5) is 12.0. The minimum absolute atomic E-state index is 0.0301. The van der Waals surface area contributed by atoms with Gasteiger partial charge in [0.05, 0.1) is 12.2 Å². The van der Waals surface area contributed by atoms with E-state index in [4.69, 9.17) is 4.74 Å². The van der Waals surface area contributed by atoms with Crippen molar-refractivity contribution in [2.75, 3.05) is 0 Å². The number of benzene rings is 1. The molecule has 1 aromatic rings. The Morgan fingerprint density at radius 3 is 2.48 bits per heavy atom. The fourth-order valence-electron chi connectivity index (χ4n) is 3.06. The van der Waals surface area contributed by atoms with Gasteiger partial charge in [-0.05, 0) is 12.0 Å². The Labute approximate surface area is 128 Å². The number of ketones is 1. The largest absolute Gasteiger partial charge is 0.369 e. The summed E-state index contributed by atoms with van der Waals surface area (Å²) >= 11 is 0. The summed E-state index contributed by atoms with van der Waals surface area (Å²) in [6.45, 7) is 2.24.